The van der Waals surface area contributed by atoms with Crippen LogP contribution >= 0.6 is 27.3 Å². The van der Waals surface area contributed by atoms with Crippen LogP contribution in [0.1, 0.15) is 17.7 Å². The molecule has 1 aliphatic carbocycles. The van der Waals surface area contributed by atoms with Gasteiger partial charge in [0.15, 0.2) is 0 Å². The lowest BCUT2D eigenvalue weighted by Gasteiger charge is -2.22. The fraction of sp³-hybridized carbons (Fsp3) is 0.467. The molecule has 1 aliphatic heterocycles. The third-order valence-electron chi connectivity index (χ3n) is 4.04. The molecule has 21 heavy (non-hydrogen) atoms. The maximum atomic E-state index is 12.4. The third kappa shape index (κ3) is 2.98. The minimum absolute atomic E-state index is 0.00596. The molecule has 0 unspecified atom stereocenters. The molecular formula is C15H17BrN2O2S. The van der Waals surface area contributed by atoms with E-state index >= 15 is 0 Å². The van der Waals surface area contributed by atoms with Crippen LogP contribution in [0.15, 0.2) is 28.1 Å². The summed E-state index contributed by atoms with van der Waals surface area (Å²) in [5, 5.41) is 0. The molecule has 3 rings (SSSR count). The molecular weight excluding hydrogens is 352 g/mol. The number of hydrogen-bond acceptors (Lipinski definition) is 4. The van der Waals surface area contributed by atoms with Gasteiger partial charge >= 0.3 is 0 Å². The van der Waals surface area contributed by atoms with Crippen LogP contribution in [0.3, 0.4) is 0 Å². The van der Waals surface area contributed by atoms with Crippen molar-refractivity contribution in [2.75, 3.05) is 13.7 Å². The van der Waals surface area contributed by atoms with Gasteiger partial charge in [0, 0.05) is 11.4 Å². The number of nitrogens with zero attached hydrogens (tertiary/aromatic N) is 2. The van der Waals surface area contributed by atoms with Gasteiger partial charge in [-0.2, -0.15) is 0 Å². The summed E-state index contributed by atoms with van der Waals surface area (Å²) in [7, 11) is 1.94. The van der Waals surface area contributed by atoms with Crippen molar-refractivity contribution in [1.82, 2.24) is 9.80 Å². The Balaban J connectivity index is 1.64. The van der Waals surface area contributed by atoms with Crippen LogP contribution in [-0.4, -0.2) is 35.3 Å². The highest BCUT2D eigenvalue weighted by atomic mass is 79.9. The zero-order chi connectivity index (χ0) is 15.0. The Morgan fingerprint density at radius 1 is 1.24 bits per heavy atom. The zero-order valence-electron chi connectivity index (χ0n) is 11.8. The highest BCUT2D eigenvalue weighted by molar-refractivity contribution is 9.11. The standard InChI is InChI=1S/C15H17BrN2O2S/c1-17(8-10-6-7-13(16)21-10)9-18-14(19)11-4-2-3-5-12(11)15(18)20/h2-3,6-7,11-12H,4-5,8-9H2,1H3/t11-,12-/m1/s1. The number of thiophene rings is 1. The van der Waals surface area contributed by atoms with Gasteiger partial charge in [0.05, 0.1) is 22.3 Å². The second kappa shape index (κ2) is 6.02. The zero-order valence-corrected chi connectivity index (χ0v) is 14.2. The van der Waals surface area contributed by atoms with Crippen LogP contribution in [0.4, 0.5) is 0 Å². The Bertz CT molecular complexity index is 572. The van der Waals surface area contributed by atoms with Crippen molar-refractivity contribution in [3.8, 4) is 0 Å². The summed E-state index contributed by atoms with van der Waals surface area (Å²) in [6, 6.07) is 4.07. The first-order valence-electron chi connectivity index (χ1n) is 6.99. The Hall–Kier alpha value is -0.980. The first-order chi connectivity index (χ1) is 10.1. The SMILES string of the molecule is CN(Cc1ccc(Br)s1)CN1C(=O)[C@@H]2CC=CC[C@H]2C1=O. The Morgan fingerprint density at radius 2 is 1.86 bits per heavy atom. The number of carbonyl (C=O) groups is 2. The molecule has 2 amide bonds. The summed E-state index contributed by atoms with van der Waals surface area (Å²) in [6.45, 7) is 1.11. The molecule has 0 bridgehead atoms. The molecule has 4 nitrogen and oxygen atoms in total. The number of halogens is 1. The Labute approximate surface area is 136 Å². The molecule has 112 valence electrons. The number of hydrogen-bond donors (Lipinski definition) is 0. The number of fused-ring (bicyclic) bond motifs is 1. The van der Waals surface area contributed by atoms with Crippen molar-refractivity contribution in [2.24, 2.45) is 11.8 Å². The van der Waals surface area contributed by atoms with Gasteiger partial charge in [0.25, 0.3) is 0 Å². The highest BCUT2D eigenvalue weighted by Gasteiger charge is 2.47. The van der Waals surface area contributed by atoms with E-state index in [9.17, 15) is 9.59 Å². The van der Waals surface area contributed by atoms with Crippen LogP contribution in [0, 0.1) is 11.8 Å². The molecule has 1 aromatic rings. The van der Waals surface area contributed by atoms with Gasteiger partial charge in [-0.1, -0.05) is 12.2 Å². The molecule has 0 radical (unpaired) electrons. The second-order valence-electron chi connectivity index (χ2n) is 5.62. The molecule has 6 heteroatoms. The summed E-state index contributed by atoms with van der Waals surface area (Å²) in [5.41, 5.74) is 0. The second-order valence-corrected chi connectivity index (χ2v) is 8.17. The molecule has 1 saturated heterocycles. The first-order valence-corrected chi connectivity index (χ1v) is 8.60. The number of amides is 2. The molecule has 0 spiro atoms. The number of rotatable bonds is 4. The van der Waals surface area contributed by atoms with Gasteiger partial charge in [-0.25, -0.2) is 0 Å². The number of carbonyl (C=O) groups excluding carboxylic acids is 2. The summed E-state index contributed by atoms with van der Waals surface area (Å²) in [4.78, 5) is 29.4. The summed E-state index contributed by atoms with van der Waals surface area (Å²) in [6.07, 6.45) is 5.44. The minimum atomic E-state index is -0.133. The van der Waals surface area contributed by atoms with Gasteiger partial charge < -0.3 is 0 Å². The van der Waals surface area contributed by atoms with Gasteiger partial charge in [0.2, 0.25) is 11.8 Å². The molecule has 0 saturated carbocycles. The van der Waals surface area contributed by atoms with Crippen LogP contribution in [0.25, 0.3) is 0 Å². The number of likely N-dealkylation sites (tertiary alicyclic amines) is 1. The lowest BCUT2D eigenvalue weighted by atomic mass is 9.85. The summed E-state index contributed by atoms with van der Waals surface area (Å²) in [5.74, 6) is -0.277. The van der Waals surface area contributed by atoms with E-state index in [4.69, 9.17) is 0 Å². The van der Waals surface area contributed by atoms with Crippen molar-refractivity contribution >= 4 is 39.1 Å². The fourth-order valence-electron chi connectivity index (χ4n) is 3.00. The molecule has 0 N–H and O–H groups in total. The molecule has 0 aromatic carbocycles. The predicted molar refractivity (Wildman–Crippen MR) is 85.6 cm³/mol. The van der Waals surface area contributed by atoms with E-state index in [0.717, 1.165) is 10.3 Å². The van der Waals surface area contributed by atoms with Crippen LogP contribution < -0.4 is 0 Å². The average molecular weight is 369 g/mol. The van der Waals surface area contributed by atoms with E-state index in [0.29, 0.717) is 19.5 Å². The van der Waals surface area contributed by atoms with Gasteiger partial charge in [-0.3, -0.25) is 19.4 Å². The number of allylic oxidation sites excluding steroid dienone is 2. The first kappa shape index (κ1) is 14.9. The highest BCUT2D eigenvalue weighted by Crippen LogP contribution is 2.35. The molecule has 2 aliphatic rings. The van der Waals surface area contributed by atoms with Crippen molar-refractivity contribution < 1.29 is 9.59 Å². The topological polar surface area (TPSA) is 40.6 Å². The van der Waals surface area contributed by atoms with Crippen molar-refractivity contribution in [1.29, 1.82) is 0 Å². The Kier molecular flexibility index (Phi) is 4.28. The largest absolute Gasteiger partial charge is 0.284 e. The van der Waals surface area contributed by atoms with Gasteiger partial charge in [0.1, 0.15) is 0 Å². The summed E-state index contributed by atoms with van der Waals surface area (Å²) >= 11 is 5.12. The smallest absolute Gasteiger partial charge is 0.234 e. The van der Waals surface area contributed by atoms with Crippen LogP contribution in [0.2, 0.25) is 0 Å². The molecule has 2 atom stereocenters. The molecule has 2 heterocycles. The molecule has 1 fully saturated rings. The van der Waals surface area contributed by atoms with Crippen molar-refractivity contribution in [3.05, 3.63) is 32.9 Å². The van der Waals surface area contributed by atoms with Gasteiger partial charge in [-0.15, -0.1) is 11.3 Å². The minimum Gasteiger partial charge on any atom is -0.284 e. The van der Waals surface area contributed by atoms with Crippen molar-refractivity contribution in [2.45, 2.75) is 19.4 Å². The lowest BCUT2D eigenvalue weighted by molar-refractivity contribution is -0.142. The maximum absolute atomic E-state index is 12.4. The van der Waals surface area contributed by atoms with E-state index in [1.165, 1.54) is 9.78 Å². The maximum Gasteiger partial charge on any atom is 0.234 e. The summed E-state index contributed by atoms with van der Waals surface area (Å²) < 4.78 is 1.09. The lowest BCUT2D eigenvalue weighted by Crippen LogP contribution is -2.39. The number of imide groups is 1. The fourth-order valence-corrected chi connectivity index (χ4v) is 4.57. The average Bonchev–Trinajstić information content (AvgIpc) is 2.97. The third-order valence-corrected chi connectivity index (χ3v) is 5.64. The quantitative estimate of drug-likeness (QED) is 0.605. The normalized spacial score (nSPS) is 25.0. The van der Waals surface area contributed by atoms with Gasteiger partial charge in [-0.05, 0) is 48.0 Å². The Morgan fingerprint density at radius 3 is 2.38 bits per heavy atom. The predicted octanol–water partition coefficient (Wildman–Crippen LogP) is 2.85. The van der Waals surface area contributed by atoms with E-state index in [1.807, 2.05) is 30.2 Å². The van der Waals surface area contributed by atoms with Crippen LogP contribution in [0.5, 0.6) is 0 Å². The van der Waals surface area contributed by atoms with E-state index in [-0.39, 0.29) is 23.7 Å². The monoisotopic (exact) mass is 368 g/mol. The van der Waals surface area contributed by atoms with E-state index in [1.54, 1.807) is 11.3 Å². The van der Waals surface area contributed by atoms with Crippen LogP contribution in [-0.2, 0) is 16.1 Å². The van der Waals surface area contributed by atoms with Crippen molar-refractivity contribution in [3.63, 3.8) is 0 Å². The van der Waals surface area contributed by atoms with E-state index < -0.39 is 0 Å². The molecule has 1 aromatic heterocycles. The van der Waals surface area contributed by atoms with E-state index in [2.05, 4.69) is 22.0 Å².